The van der Waals surface area contributed by atoms with E-state index in [1.54, 1.807) is 13.1 Å². The molecule has 19 heavy (non-hydrogen) atoms. The van der Waals surface area contributed by atoms with Gasteiger partial charge in [0.25, 0.3) is 5.91 Å². The van der Waals surface area contributed by atoms with Crippen LogP contribution >= 0.6 is 11.6 Å². The molecule has 0 aliphatic carbocycles. The molecule has 2 rings (SSSR count). The standard InChI is InChI=1S/C13H13ClN4O/c1-15-13(19)10-4-2-3-9(5-10)6-17-12-11(14)7-16-8-18-12/h2-5,7-8H,6H2,1H3,(H,15,19)(H,16,17,18). The lowest BCUT2D eigenvalue weighted by Gasteiger charge is -2.08. The Bertz CT molecular complexity index is 588. The van der Waals surface area contributed by atoms with Crippen LogP contribution in [0.1, 0.15) is 15.9 Å². The van der Waals surface area contributed by atoms with Crippen molar-refractivity contribution >= 4 is 23.3 Å². The molecule has 0 aliphatic heterocycles. The molecule has 1 aromatic heterocycles. The van der Waals surface area contributed by atoms with E-state index in [0.29, 0.717) is 22.9 Å². The predicted molar refractivity (Wildman–Crippen MR) is 74.2 cm³/mol. The number of carbonyl (C=O) groups is 1. The van der Waals surface area contributed by atoms with Gasteiger partial charge in [-0.2, -0.15) is 0 Å². The lowest BCUT2D eigenvalue weighted by Crippen LogP contribution is -2.18. The predicted octanol–water partition coefficient (Wildman–Crippen LogP) is 2.10. The van der Waals surface area contributed by atoms with Crippen LogP contribution in [0.4, 0.5) is 5.82 Å². The molecular weight excluding hydrogens is 264 g/mol. The fraction of sp³-hybridized carbons (Fsp3) is 0.154. The maximum atomic E-state index is 11.5. The van der Waals surface area contributed by atoms with Gasteiger partial charge in [0.15, 0.2) is 0 Å². The van der Waals surface area contributed by atoms with Crippen molar-refractivity contribution in [1.29, 1.82) is 0 Å². The third-order valence-corrected chi connectivity index (χ3v) is 2.82. The van der Waals surface area contributed by atoms with Crippen molar-refractivity contribution in [3.8, 4) is 0 Å². The number of benzene rings is 1. The van der Waals surface area contributed by atoms with Gasteiger partial charge in [-0.05, 0) is 17.7 Å². The van der Waals surface area contributed by atoms with Gasteiger partial charge in [0.1, 0.15) is 17.2 Å². The van der Waals surface area contributed by atoms with Crippen molar-refractivity contribution in [3.05, 3.63) is 52.9 Å². The van der Waals surface area contributed by atoms with Crippen LogP contribution < -0.4 is 10.6 Å². The van der Waals surface area contributed by atoms with Gasteiger partial charge in [-0.1, -0.05) is 23.7 Å². The van der Waals surface area contributed by atoms with E-state index in [2.05, 4.69) is 20.6 Å². The summed E-state index contributed by atoms with van der Waals surface area (Å²) in [7, 11) is 1.61. The third kappa shape index (κ3) is 3.42. The molecule has 0 saturated heterocycles. The Morgan fingerprint density at radius 3 is 3.00 bits per heavy atom. The normalized spacial score (nSPS) is 10.0. The topological polar surface area (TPSA) is 66.9 Å². The monoisotopic (exact) mass is 276 g/mol. The van der Waals surface area contributed by atoms with Crippen LogP contribution in [-0.4, -0.2) is 22.9 Å². The second-order valence-corrected chi connectivity index (χ2v) is 4.26. The van der Waals surface area contributed by atoms with Gasteiger partial charge in [-0.15, -0.1) is 0 Å². The van der Waals surface area contributed by atoms with Crippen molar-refractivity contribution in [2.24, 2.45) is 0 Å². The van der Waals surface area contributed by atoms with E-state index in [9.17, 15) is 4.79 Å². The number of nitrogens with one attached hydrogen (secondary N) is 2. The number of amides is 1. The molecule has 0 spiro atoms. The molecular formula is C13H13ClN4O. The van der Waals surface area contributed by atoms with E-state index in [1.165, 1.54) is 12.5 Å². The lowest BCUT2D eigenvalue weighted by atomic mass is 10.1. The number of aromatic nitrogens is 2. The van der Waals surface area contributed by atoms with Crippen LogP contribution in [0, 0.1) is 0 Å². The van der Waals surface area contributed by atoms with Crippen LogP contribution in [0.5, 0.6) is 0 Å². The molecule has 1 heterocycles. The van der Waals surface area contributed by atoms with E-state index in [1.807, 2.05) is 18.2 Å². The molecule has 1 amide bonds. The molecule has 0 radical (unpaired) electrons. The van der Waals surface area contributed by atoms with Crippen LogP contribution in [0.25, 0.3) is 0 Å². The molecule has 2 N–H and O–H groups in total. The summed E-state index contributed by atoms with van der Waals surface area (Å²) in [6.07, 6.45) is 2.95. The highest BCUT2D eigenvalue weighted by Gasteiger charge is 2.05. The highest BCUT2D eigenvalue weighted by molar-refractivity contribution is 6.32. The summed E-state index contributed by atoms with van der Waals surface area (Å²) in [6, 6.07) is 7.35. The van der Waals surface area contributed by atoms with Crippen molar-refractivity contribution in [2.45, 2.75) is 6.54 Å². The summed E-state index contributed by atoms with van der Waals surface area (Å²) >= 11 is 5.94. The first kappa shape index (κ1) is 13.3. The summed E-state index contributed by atoms with van der Waals surface area (Å²) in [5.41, 5.74) is 1.59. The van der Waals surface area contributed by atoms with Gasteiger partial charge in [0.05, 0.1) is 6.20 Å². The zero-order chi connectivity index (χ0) is 13.7. The van der Waals surface area contributed by atoms with Gasteiger partial charge in [-0.3, -0.25) is 4.79 Å². The Kier molecular flexibility index (Phi) is 4.30. The largest absolute Gasteiger partial charge is 0.365 e. The third-order valence-electron chi connectivity index (χ3n) is 2.54. The SMILES string of the molecule is CNC(=O)c1cccc(CNc2ncncc2Cl)c1. The quantitative estimate of drug-likeness (QED) is 0.897. The van der Waals surface area contributed by atoms with E-state index in [0.717, 1.165) is 5.56 Å². The average molecular weight is 277 g/mol. The number of carbonyl (C=O) groups excluding carboxylic acids is 1. The number of rotatable bonds is 4. The molecule has 5 nitrogen and oxygen atoms in total. The first-order chi connectivity index (χ1) is 9.20. The summed E-state index contributed by atoms with van der Waals surface area (Å²) in [4.78, 5) is 19.4. The second kappa shape index (κ2) is 6.15. The van der Waals surface area contributed by atoms with Gasteiger partial charge < -0.3 is 10.6 Å². The van der Waals surface area contributed by atoms with Gasteiger partial charge in [-0.25, -0.2) is 9.97 Å². The fourth-order valence-corrected chi connectivity index (χ4v) is 1.77. The molecule has 0 fully saturated rings. The zero-order valence-electron chi connectivity index (χ0n) is 10.4. The molecule has 98 valence electrons. The Morgan fingerprint density at radius 1 is 1.42 bits per heavy atom. The second-order valence-electron chi connectivity index (χ2n) is 3.85. The van der Waals surface area contributed by atoms with Crippen LogP contribution in [0.15, 0.2) is 36.8 Å². The summed E-state index contributed by atoms with van der Waals surface area (Å²) in [6.45, 7) is 0.529. The molecule has 1 aromatic carbocycles. The minimum Gasteiger partial charge on any atom is -0.365 e. The minimum absolute atomic E-state index is 0.109. The first-order valence-corrected chi connectivity index (χ1v) is 6.09. The van der Waals surface area contributed by atoms with Gasteiger partial charge in [0, 0.05) is 19.2 Å². The number of hydrogen-bond acceptors (Lipinski definition) is 4. The minimum atomic E-state index is -0.109. The van der Waals surface area contributed by atoms with Crippen LogP contribution in [0.3, 0.4) is 0 Å². The van der Waals surface area contributed by atoms with Crippen molar-refractivity contribution in [3.63, 3.8) is 0 Å². The van der Waals surface area contributed by atoms with E-state index in [4.69, 9.17) is 11.6 Å². The number of nitrogens with zero attached hydrogens (tertiary/aromatic N) is 2. The Balaban J connectivity index is 2.08. The Labute approximate surface area is 116 Å². The molecule has 0 aliphatic rings. The molecule has 0 unspecified atom stereocenters. The van der Waals surface area contributed by atoms with Crippen molar-refractivity contribution < 1.29 is 4.79 Å². The maximum absolute atomic E-state index is 11.5. The highest BCUT2D eigenvalue weighted by Crippen LogP contribution is 2.17. The van der Waals surface area contributed by atoms with E-state index >= 15 is 0 Å². The van der Waals surface area contributed by atoms with Crippen LogP contribution in [-0.2, 0) is 6.54 Å². The number of halogens is 1. The van der Waals surface area contributed by atoms with Crippen molar-refractivity contribution in [1.82, 2.24) is 15.3 Å². The Hall–Kier alpha value is -2.14. The summed E-state index contributed by atoms with van der Waals surface area (Å²) < 4.78 is 0. The average Bonchev–Trinajstić information content (AvgIpc) is 2.46. The van der Waals surface area contributed by atoms with E-state index < -0.39 is 0 Å². The maximum Gasteiger partial charge on any atom is 0.251 e. The first-order valence-electron chi connectivity index (χ1n) is 5.71. The lowest BCUT2D eigenvalue weighted by molar-refractivity contribution is 0.0963. The fourth-order valence-electron chi connectivity index (χ4n) is 1.60. The molecule has 6 heteroatoms. The van der Waals surface area contributed by atoms with Gasteiger partial charge in [0.2, 0.25) is 0 Å². The number of anilines is 1. The van der Waals surface area contributed by atoms with Crippen LogP contribution in [0.2, 0.25) is 5.02 Å². The molecule has 2 aromatic rings. The molecule has 0 saturated carbocycles. The zero-order valence-corrected chi connectivity index (χ0v) is 11.1. The van der Waals surface area contributed by atoms with Crippen molar-refractivity contribution in [2.75, 3.05) is 12.4 Å². The number of hydrogen-bond donors (Lipinski definition) is 2. The van der Waals surface area contributed by atoms with Gasteiger partial charge >= 0.3 is 0 Å². The highest BCUT2D eigenvalue weighted by atomic mass is 35.5. The molecule has 0 bridgehead atoms. The van der Waals surface area contributed by atoms with E-state index in [-0.39, 0.29) is 5.91 Å². The summed E-state index contributed by atoms with van der Waals surface area (Å²) in [5, 5.41) is 6.15. The summed E-state index contributed by atoms with van der Waals surface area (Å²) in [5.74, 6) is 0.462. The molecule has 0 atom stereocenters. The Morgan fingerprint density at radius 2 is 2.26 bits per heavy atom. The smallest absolute Gasteiger partial charge is 0.251 e.